The lowest BCUT2D eigenvalue weighted by molar-refractivity contribution is 0.0990. The number of nitrogens with zero attached hydrogens (tertiary/aromatic N) is 1. The topological polar surface area (TPSA) is 58.6 Å². The van der Waals surface area contributed by atoms with Gasteiger partial charge in [0.1, 0.15) is 5.75 Å². The molecule has 0 saturated carbocycles. The third kappa shape index (κ3) is 3.07. The molecule has 0 radical (unpaired) electrons. The lowest BCUT2D eigenvalue weighted by atomic mass is 10.1. The van der Waals surface area contributed by atoms with Crippen LogP contribution in [-0.2, 0) is 0 Å². The summed E-state index contributed by atoms with van der Waals surface area (Å²) >= 11 is 0. The van der Waals surface area contributed by atoms with Gasteiger partial charge in [-0.25, -0.2) is 8.78 Å². The molecule has 0 aromatic heterocycles. The van der Waals surface area contributed by atoms with Gasteiger partial charge in [0.15, 0.2) is 17.4 Å². The first-order valence-electron chi connectivity index (χ1n) is 8.39. The van der Waals surface area contributed by atoms with Crippen LogP contribution in [0.4, 0.5) is 20.2 Å². The Hall–Kier alpha value is -3.74. The molecule has 1 aliphatic heterocycles. The Morgan fingerprint density at radius 2 is 1.75 bits per heavy atom. The second kappa shape index (κ2) is 6.77. The maximum atomic E-state index is 13.3. The fourth-order valence-electron chi connectivity index (χ4n) is 2.93. The predicted octanol–water partition coefficient (Wildman–Crippen LogP) is 4.60. The van der Waals surface area contributed by atoms with Crippen LogP contribution in [0.3, 0.4) is 0 Å². The van der Waals surface area contributed by atoms with E-state index in [4.69, 9.17) is 4.74 Å². The van der Waals surface area contributed by atoms with Gasteiger partial charge in [-0.15, -0.1) is 0 Å². The minimum Gasteiger partial charge on any atom is -0.454 e. The number of carbonyl (C=O) groups excluding carboxylic acids is 2. The predicted molar refractivity (Wildman–Crippen MR) is 100 cm³/mol. The zero-order valence-electron chi connectivity index (χ0n) is 14.7. The average Bonchev–Trinajstić information content (AvgIpc) is 2.80. The minimum atomic E-state index is -1.06. The SMILES string of the molecule is CN1C(=O)c2ccccc2Oc2ccc(C(=O)Nc3ccc(F)c(F)c3)cc21. The summed E-state index contributed by atoms with van der Waals surface area (Å²) in [5, 5.41) is 2.50. The van der Waals surface area contributed by atoms with E-state index in [0.29, 0.717) is 22.7 Å². The van der Waals surface area contributed by atoms with E-state index in [1.54, 1.807) is 37.4 Å². The maximum Gasteiger partial charge on any atom is 0.261 e. The number of nitrogens with one attached hydrogen (secondary N) is 1. The van der Waals surface area contributed by atoms with E-state index in [1.807, 2.05) is 0 Å². The van der Waals surface area contributed by atoms with Gasteiger partial charge in [-0.3, -0.25) is 9.59 Å². The summed E-state index contributed by atoms with van der Waals surface area (Å²) in [4.78, 5) is 26.6. The lowest BCUT2D eigenvalue weighted by Gasteiger charge is -2.17. The van der Waals surface area contributed by atoms with Gasteiger partial charge in [0.05, 0.1) is 11.3 Å². The molecule has 28 heavy (non-hydrogen) atoms. The fraction of sp³-hybridized carbons (Fsp3) is 0.0476. The van der Waals surface area contributed by atoms with Gasteiger partial charge < -0.3 is 15.0 Å². The molecular weight excluding hydrogens is 366 g/mol. The summed E-state index contributed by atoms with van der Waals surface area (Å²) in [6.45, 7) is 0. The number of ether oxygens (including phenoxy) is 1. The molecular formula is C21H14F2N2O3. The monoisotopic (exact) mass is 380 g/mol. The molecule has 0 fully saturated rings. The van der Waals surface area contributed by atoms with Gasteiger partial charge in [0.2, 0.25) is 0 Å². The van der Waals surface area contributed by atoms with E-state index in [-0.39, 0.29) is 17.2 Å². The number of hydrogen-bond acceptors (Lipinski definition) is 3. The van der Waals surface area contributed by atoms with Crippen LogP contribution in [0.5, 0.6) is 11.5 Å². The first-order chi connectivity index (χ1) is 13.4. The number of rotatable bonds is 2. The van der Waals surface area contributed by atoms with Crippen LogP contribution < -0.4 is 15.0 Å². The standard InChI is InChI=1S/C21H14F2N2O3/c1-25-17-10-12(20(26)24-13-7-8-15(22)16(23)11-13)6-9-19(17)28-18-5-3-2-4-14(18)21(25)27/h2-11H,1H3,(H,24,26). The third-order valence-electron chi connectivity index (χ3n) is 4.40. The summed E-state index contributed by atoms with van der Waals surface area (Å²) in [5.74, 6) is -2.01. The Morgan fingerprint density at radius 3 is 2.54 bits per heavy atom. The van der Waals surface area contributed by atoms with Crippen molar-refractivity contribution < 1.29 is 23.1 Å². The van der Waals surface area contributed by atoms with Crippen LogP contribution in [0, 0.1) is 11.6 Å². The first-order valence-corrected chi connectivity index (χ1v) is 8.39. The minimum absolute atomic E-state index is 0.118. The number of hydrogen-bond donors (Lipinski definition) is 1. The molecule has 1 aliphatic rings. The smallest absolute Gasteiger partial charge is 0.261 e. The summed E-state index contributed by atoms with van der Waals surface area (Å²) in [6, 6.07) is 14.6. The van der Waals surface area contributed by atoms with Crippen LogP contribution in [0.2, 0.25) is 0 Å². The summed E-state index contributed by atoms with van der Waals surface area (Å²) in [6.07, 6.45) is 0. The Morgan fingerprint density at radius 1 is 0.964 bits per heavy atom. The van der Waals surface area contributed by atoms with Crippen molar-refractivity contribution in [1.82, 2.24) is 0 Å². The van der Waals surface area contributed by atoms with Crippen molar-refractivity contribution in [3.63, 3.8) is 0 Å². The molecule has 0 atom stereocenters. The van der Waals surface area contributed by atoms with E-state index in [2.05, 4.69) is 5.32 Å². The van der Waals surface area contributed by atoms with Gasteiger partial charge >= 0.3 is 0 Å². The van der Waals surface area contributed by atoms with Crippen molar-refractivity contribution in [3.8, 4) is 11.5 Å². The lowest BCUT2D eigenvalue weighted by Crippen LogP contribution is -2.25. The van der Waals surface area contributed by atoms with Crippen LogP contribution in [0.15, 0.2) is 60.7 Å². The van der Waals surface area contributed by atoms with Crippen LogP contribution in [0.25, 0.3) is 0 Å². The zero-order valence-corrected chi connectivity index (χ0v) is 14.7. The molecule has 3 aromatic carbocycles. The van der Waals surface area contributed by atoms with Crippen LogP contribution >= 0.6 is 0 Å². The Labute approximate surface area is 159 Å². The molecule has 2 amide bonds. The molecule has 140 valence electrons. The third-order valence-corrected chi connectivity index (χ3v) is 4.40. The molecule has 4 rings (SSSR count). The molecule has 1 N–H and O–H groups in total. The summed E-state index contributed by atoms with van der Waals surface area (Å²) in [7, 11) is 1.59. The van der Waals surface area contributed by atoms with Gasteiger partial charge in [0, 0.05) is 24.4 Å². The Balaban J connectivity index is 1.66. The van der Waals surface area contributed by atoms with Gasteiger partial charge in [-0.05, 0) is 42.5 Å². The maximum absolute atomic E-state index is 13.3. The fourth-order valence-corrected chi connectivity index (χ4v) is 2.93. The largest absolute Gasteiger partial charge is 0.454 e. The number of benzene rings is 3. The molecule has 7 heteroatoms. The second-order valence-corrected chi connectivity index (χ2v) is 6.23. The molecule has 0 spiro atoms. The quantitative estimate of drug-likeness (QED) is 0.707. The number of fused-ring (bicyclic) bond motifs is 2. The highest BCUT2D eigenvalue weighted by Crippen LogP contribution is 2.38. The van der Waals surface area contributed by atoms with E-state index in [0.717, 1.165) is 12.1 Å². The van der Waals surface area contributed by atoms with Gasteiger partial charge in [0.25, 0.3) is 11.8 Å². The Kier molecular flexibility index (Phi) is 4.27. The number of para-hydroxylation sites is 1. The number of amides is 2. The molecule has 1 heterocycles. The molecule has 0 saturated heterocycles. The van der Waals surface area contributed by atoms with E-state index >= 15 is 0 Å². The van der Waals surface area contributed by atoms with Gasteiger partial charge in [-0.2, -0.15) is 0 Å². The van der Waals surface area contributed by atoms with Crippen molar-refractivity contribution in [1.29, 1.82) is 0 Å². The van der Waals surface area contributed by atoms with Crippen LogP contribution in [0.1, 0.15) is 20.7 Å². The highest BCUT2D eigenvalue weighted by atomic mass is 19.2. The number of carbonyl (C=O) groups is 2. The molecule has 0 bridgehead atoms. The van der Waals surface area contributed by atoms with Crippen molar-refractivity contribution in [2.24, 2.45) is 0 Å². The molecule has 0 unspecified atom stereocenters. The second-order valence-electron chi connectivity index (χ2n) is 6.23. The number of anilines is 2. The van der Waals surface area contributed by atoms with Crippen molar-refractivity contribution >= 4 is 23.2 Å². The first kappa shape index (κ1) is 17.7. The van der Waals surface area contributed by atoms with Crippen molar-refractivity contribution in [2.45, 2.75) is 0 Å². The zero-order chi connectivity index (χ0) is 19.8. The number of halogens is 2. The van der Waals surface area contributed by atoms with E-state index in [1.165, 1.54) is 23.1 Å². The van der Waals surface area contributed by atoms with E-state index in [9.17, 15) is 18.4 Å². The Bertz CT molecular complexity index is 1110. The average molecular weight is 380 g/mol. The highest BCUT2D eigenvalue weighted by Gasteiger charge is 2.26. The molecule has 0 aliphatic carbocycles. The van der Waals surface area contributed by atoms with Gasteiger partial charge in [-0.1, -0.05) is 12.1 Å². The normalized spacial score (nSPS) is 12.5. The van der Waals surface area contributed by atoms with Crippen molar-refractivity contribution in [2.75, 3.05) is 17.3 Å². The van der Waals surface area contributed by atoms with Crippen LogP contribution in [-0.4, -0.2) is 18.9 Å². The van der Waals surface area contributed by atoms with Crippen molar-refractivity contribution in [3.05, 3.63) is 83.4 Å². The van der Waals surface area contributed by atoms with E-state index < -0.39 is 17.5 Å². The summed E-state index contributed by atoms with van der Waals surface area (Å²) < 4.78 is 32.2. The molecule has 3 aromatic rings. The molecule has 5 nitrogen and oxygen atoms in total. The summed E-state index contributed by atoms with van der Waals surface area (Å²) in [5.41, 5.74) is 1.18. The highest BCUT2D eigenvalue weighted by molar-refractivity contribution is 6.11.